The van der Waals surface area contributed by atoms with Crippen LogP contribution in [0.25, 0.3) is 5.57 Å². The van der Waals surface area contributed by atoms with Crippen LogP contribution in [0.3, 0.4) is 0 Å². The molecule has 246 valence electrons. The third-order valence-electron chi connectivity index (χ3n) is 7.92. The number of allylic oxidation sites excluding steroid dienone is 5. The number of hydrogen-bond acceptors (Lipinski definition) is 13. The zero-order chi connectivity index (χ0) is 33.6. The van der Waals surface area contributed by atoms with Crippen molar-refractivity contribution in [2.45, 2.75) is 54.7 Å². The minimum Gasteiger partial charge on any atom is -0.748 e. The van der Waals surface area contributed by atoms with Gasteiger partial charge in [0.1, 0.15) is 15.9 Å². The summed E-state index contributed by atoms with van der Waals surface area (Å²) in [5.74, 6) is -1.30. The Bertz CT molecular complexity index is 1940. The van der Waals surface area contributed by atoms with Crippen molar-refractivity contribution in [3.05, 3.63) is 82.6 Å². The summed E-state index contributed by atoms with van der Waals surface area (Å²) < 4.78 is 107. The van der Waals surface area contributed by atoms with E-state index in [-0.39, 0.29) is 167 Å². The first-order valence-corrected chi connectivity index (χ1v) is 18.7. The monoisotopic (exact) mass is 817 g/mol. The smallest absolute Gasteiger partial charge is 0.748 e. The number of hydrogen-bond donors (Lipinski definition) is 1. The summed E-state index contributed by atoms with van der Waals surface area (Å²) >= 11 is 0.673. The van der Waals surface area contributed by atoms with Crippen LogP contribution in [-0.4, -0.2) is 57.0 Å². The second-order valence-corrected chi connectivity index (χ2v) is 16.7. The van der Waals surface area contributed by atoms with Crippen molar-refractivity contribution in [2.24, 2.45) is 0 Å². The van der Waals surface area contributed by atoms with E-state index in [1.54, 1.807) is 55.2 Å². The Morgan fingerprint density at radius 1 is 0.917 bits per heavy atom. The number of rotatable bonds is 12. The van der Waals surface area contributed by atoms with Gasteiger partial charge in [0.05, 0.1) is 27.1 Å². The van der Waals surface area contributed by atoms with Crippen molar-refractivity contribution >= 4 is 53.7 Å². The molecule has 0 atom stereocenters. The van der Waals surface area contributed by atoms with Gasteiger partial charge in [-0.25, -0.2) is 16.8 Å². The average molecular weight is 818 g/mol. The molecule has 0 fully saturated rings. The molecule has 1 aliphatic carbocycles. The fourth-order valence-corrected chi connectivity index (χ4v) is 7.96. The molecule has 0 radical (unpaired) electrons. The van der Waals surface area contributed by atoms with E-state index in [0.29, 0.717) is 56.2 Å². The number of nitrogens with zero attached hydrogens (tertiary/aromatic N) is 1. The second-order valence-electron chi connectivity index (χ2n) is 11.6. The fraction of sp³-hybridized carbons (Fsp3) is 0.357. The van der Waals surface area contributed by atoms with Crippen LogP contribution in [0.1, 0.15) is 50.8 Å². The molecular weight excluding hydrogens is 788 g/mol. The van der Waals surface area contributed by atoms with Crippen LogP contribution in [0.15, 0.2) is 75.7 Å². The predicted molar refractivity (Wildman–Crippen MR) is 162 cm³/mol. The molecule has 2 aromatic rings. The largest absolute Gasteiger partial charge is 1.00 e. The van der Waals surface area contributed by atoms with Crippen molar-refractivity contribution in [3.63, 3.8) is 0 Å². The maximum absolute atomic E-state index is 12.0. The molecule has 0 saturated carbocycles. The first-order valence-electron chi connectivity index (χ1n) is 13.3. The maximum Gasteiger partial charge on any atom is 1.00 e. The topological polar surface area (TPSA) is 214 Å². The van der Waals surface area contributed by atoms with Gasteiger partial charge < -0.3 is 19.3 Å². The number of anilines is 1. The Balaban J connectivity index is 0.00000384. The van der Waals surface area contributed by atoms with Crippen LogP contribution in [0.2, 0.25) is 0 Å². The molecule has 4 rings (SSSR count). The molecular formula is C28H30K3NO12S4. The van der Waals surface area contributed by atoms with Crippen LogP contribution in [-0.2, 0) is 50.6 Å². The minimum absolute atomic E-state index is 0. The first kappa shape index (κ1) is 48.3. The quantitative estimate of drug-likeness (QED) is 0.0695. The van der Waals surface area contributed by atoms with Crippen LogP contribution in [0.4, 0.5) is 5.69 Å². The fourth-order valence-electron chi connectivity index (χ4n) is 5.91. The molecule has 0 spiro atoms. The van der Waals surface area contributed by atoms with Crippen molar-refractivity contribution in [1.82, 2.24) is 0 Å². The van der Waals surface area contributed by atoms with Gasteiger partial charge in [0.15, 0.2) is 0 Å². The standard InChI is InChI=1S/C28H33NO12S4.3K/c1-27(2)22(21(17-44(34,35)36)20-11-9-18(15-23(20)27)42-41-40-30)7-5-8-26-28(3,4)24-16-19(45(37,38)39)10-12-25(24)29(26)13-6-14-43(31,32)33;;;/h5,7-12,15-16,30H,6,13-14,17H2,1-4H3,(H,31,32,33)(H,34,35,36)(H,37,38,39);;;/q;3*+1/p-3/b7-5+,26-8+;;;. The molecule has 48 heavy (non-hydrogen) atoms. The Morgan fingerprint density at radius 2 is 1.56 bits per heavy atom. The third kappa shape index (κ3) is 11.7. The van der Waals surface area contributed by atoms with Crippen molar-refractivity contribution < 1.29 is 208 Å². The molecule has 20 heteroatoms. The van der Waals surface area contributed by atoms with Crippen molar-refractivity contribution in [2.75, 3.05) is 23.0 Å². The maximum atomic E-state index is 12.0. The van der Waals surface area contributed by atoms with Gasteiger partial charge in [0.25, 0.3) is 10.1 Å². The Morgan fingerprint density at radius 3 is 2.12 bits per heavy atom. The molecule has 13 nitrogen and oxygen atoms in total. The van der Waals surface area contributed by atoms with Crippen molar-refractivity contribution in [3.8, 4) is 0 Å². The van der Waals surface area contributed by atoms with Crippen LogP contribution >= 0.6 is 12.0 Å². The zero-order valence-corrected chi connectivity index (χ0v) is 40.2. The summed E-state index contributed by atoms with van der Waals surface area (Å²) in [6.07, 6.45) is 5.01. The SMILES string of the molecule is CC1(C)C(/C=C/C=C2/N(CCCS(=O)(=O)[O-])c3ccc(S(=O)(=O)[O-])cc3C2(C)C)=C(CS(=O)(=O)O)c2ccc(SOO[O-])cc21.[K+].[K+].[K+]. The molecule has 2 aromatic carbocycles. The van der Waals surface area contributed by atoms with Gasteiger partial charge in [-0.15, -0.1) is 0 Å². The normalized spacial score (nSPS) is 17.5. The van der Waals surface area contributed by atoms with E-state index in [2.05, 4.69) is 9.37 Å². The summed E-state index contributed by atoms with van der Waals surface area (Å²) in [5.41, 5.74) is 2.14. The molecule has 1 aliphatic heterocycles. The molecule has 1 N–H and O–H groups in total. The van der Waals surface area contributed by atoms with Crippen LogP contribution in [0, 0.1) is 0 Å². The summed E-state index contributed by atoms with van der Waals surface area (Å²) in [5, 5.41) is 13.7. The zero-order valence-electron chi connectivity index (χ0n) is 27.5. The van der Waals surface area contributed by atoms with E-state index in [1.807, 2.05) is 13.8 Å². The Labute approximate surface area is 413 Å². The van der Waals surface area contributed by atoms with Crippen molar-refractivity contribution in [1.29, 1.82) is 0 Å². The number of benzene rings is 2. The Hall–Kier alpha value is 2.33. The molecule has 0 aromatic heterocycles. The summed E-state index contributed by atoms with van der Waals surface area (Å²) in [6.45, 7) is 7.38. The third-order valence-corrected chi connectivity index (χ3v) is 10.8. The van der Waals surface area contributed by atoms with Gasteiger partial charge in [-0.2, -0.15) is 12.8 Å². The molecule has 0 amide bonds. The van der Waals surface area contributed by atoms with Gasteiger partial charge in [0, 0.05) is 39.4 Å². The minimum atomic E-state index is -4.77. The van der Waals surface area contributed by atoms with E-state index in [1.165, 1.54) is 18.2 Å². The van der Waals surface area contributed by atoms with E-state index in [9.17, 15) is 44.2 Å². The molecule has 1 heterocycles. The van der Waals surface area contributed by atoms with E-state index >= 15 is 0 Å². The van der Waals surface area contributed by atoms with Gasteiger partial charge in [-0.05, 0) is 70.7 Å². The molecule has 0 bridgehead atoms. The van der Waals surface area contributed by atoms with Gasteiger partial charge >= 0.3 is 154 Å². The van der Waals surface area contributed by atoms with Crippen LogP contribution in [0.5, 0.6) is 0 Å². The first-order chi connectivity index (χ1) is 20.7. The van der Waals surface area contributed by atoms with E-state index in [0.717, 1.165) is 0 Å². The van der Waals surface area contributed by atoms with Gasteiger partial charge in [0.2, 0.25) is 0 Å². The molecule has 0 saturated heterocycles. The molecule has 2 aliphatic rings. The van der Waals surface area contributed by atoms with Crippen LogP contribution < -0.4 is 164 Å². The second kappa shape index (κ2) is 18.8. The summed E-state index contributed by atoms with van der Waals surface area (Å²) in [4.78, 5) is 1.83. The predicted octanol–water partition coefficient (Wildman–Crippen LogP) is -6.06. The summed E-state index contributed by atoms with van der Waals surface area (Å²) in [6, 6.07) is 8.87. The van der Waals surface area contributed by atoms with E-state index in [4.69, 9.17) is 0 Å². The number of fused-ring (bicyclic) bond motifs is 2. The van der Waals surface area contributed by atoms with Gasteiger partial charge in [-0.3, -0.25) is 9.59 Å². The van der Waals surface area contributed by atoms with E-state index < -0.39 is 57.6 Å². The Kier molecular flexibility index (Phi) is 18.9. The summed E-state index contributed by atoms with van der Waals surface area (Å²) in [7, 11) is -13.7. The molecule has 0 unspecified atom stereocenters. The van der Waals surface area contributed by atoms with Gasteiger partial charge in [-0.1, -0.05) is 45.9 Å². The average Bonchev–Trinajstić information content (AvgIpc) is 3.24.